The van der Waals surface area contributed by atoms with Crippen LogP contribution in [0, 0.1) is 0 Å². The summed E-state index contributed by atoms with van der Waals surface area (Å²) in [4.78, 5) is 60.1. The number of nitrogens with one attached hydrogen (secondary N) is 5. The van der Waals surface area contributed by atoms with Gasteiger partial charge >= 0.3 is 0 Å². The Hall–Kier alpha value is -2.95. The molecule has 0 aliphatic rings. The Morgan fingerprint density at radius 2 is 0.846 bits per heavy atom. The minimum atomic E-state index is -0.396. The van der Waals surface area contributed by atoms with Crippen molar-refractivity contribution in [3.8, 4) is 0 Å². The van der Waals surface area contributed by atoms with Crippen LogP contribution in [0.2, 0.25) is 0 Å². The number of carbonyl (C=O) groups excluding carboxylic acids is 5. The minimum Gasteiger partial charge on any atom is -0.379 e. The maximum absolute atomic E-state index is 12.7. The Morgan fingerprint density at radius 3 is 1.35 bits per heavy atom. The zero-order valence-corrected chi connectivity index (χ0v) is 33.1. The SMILES string of the molecule is CCCCCCCCCCCC(=O)NC(COCCC(=O)NCCCNC(=O)CCCCC)COCCC(=C=O)NCCCNC(=O)CCCCC. The Labute approximate surface area is 315 Å². The molecule has 0 spiro atoms. The summed E-state index contributed by atoms with van der Waals surface area (Å²) in [5.41, 5.74) is 0.400. The first-order valence-corrected chi connectivity index (χ1v) is 20.6. The summed E-state index contributed by atoms with van der Waals surface area (Å²) >= 11 is 0. The normalized spacial score (nSPS) is 11.4. The van der Waals surface area contributed by atoms with Crippen molar-refractivity contribution in [1.82, 2.24) is 26.6 Å². The average Bonchev–Trinajstić information content (AvgIpc) is 3.13. The highest BCUT2D eigenvalue weighted by Crippen LogP contribution is 2.10. The molecule has 0 aromatic heterocycles. The van der Waals surface area contributed by atoms with E-state index in [4.69, 9.17) is 9.47 Å². The van der Waals surface area contributed by atoms with Gasteiger partial charge in [-0.15, -0.1) is 0 Å². The maximum Gasteiger partial charge on any atom is 0.222 e. The molecule has 5 N–H and O–H groups in total. The number of unbranched alkanes of at least 4 members (excludes halogenated alkanes) is 12. The highest BCUT2D eigenvalue weighted by Gasteiger charge is 2.14. The van der Waals surface area contributed by atoms with Crippen molar-refractivity contribution in [2.24, 2.45) is 0 Å². The van der Waals surface area contributed by atoms with Crippen molar-refractivity contribution in [3.63, 3.8) is 0 Å². The summed E-state index contributed by atoms with van der Waals surface area (Å²) in [6.45, 7) is 9.37. The molecule has 302 valence electrons. The first-order valence-electron chi connectivity index (χ1n) is 20.6. The molecule has 0 bridgehead atoms. The quantitative estimate of drug-likeness (QED) is 0.0392. The van der Waals surface area contributed by atoms with Gasteiger partial charge in [0.25, 0.3) is 0 Å². The standard InChI is InChI=1S/C40H75N5O7/c1-4-7-10-11-12-13-14-15-18-23-40(50)45-36(34-52-31-25-39(49)44-29-20-28-43-38(48)22-17-9-6-3)33-51-30-24-35(32-46)41-26-19-27-42-37(47)21-16-8-5-2/h36,41H,4-31,33-34H2,1-3H3,(H,42,47)(H,43,48)(H,44,49)(H,45,50). The zero-order chi connectivity index (χ0) is 38.3. The first-order chi connectivity index (χ1) is 25.4. The van der Waals surface area contributed by atoms with E-state index in [-0.39, 0.29) is 56.5 Å². The molecule has 0 aromatic carbocycles. The number of ether oxygens (including phenoxy) is 2. The van der Waals surface area contributed by atoms with Gasteiger partial charge in [0.15, 0.2) is 0 Å². The van der Waals surface area contributed by atoms with Gasteiger partial charge in [-0.25, -0.2) is 4.79 Å². The van der Waals surface area contributed by atoms with E-state index in [1.54, 1.807) is 0 Å². The molecule has 0 aliphatic carbocycles. The lowest BCUT2D eigenvalue weighted by molar-refractivity contribution is -0.124. The molecule has 0 heterocycles. The molecule has 1 unspecified atom stereocenters. The molecule has 0 rings (SSSR count). The Bertz CT molecular complexity index is 959. The molecule has 4 amide bonds. The summed E-state index contributed by atoms with van der Waals surface area (Å²) in [6, 6.07) is -0.396. The third-order valence-electron chi connectivity index (χ3n) is 8.63. The molecule has 52 heavy (non-hydrogen) atoms. The van der Waals surface area contributed by atoms with Gasteiger partial charge in [-0.05, 0) is 32.1 Å². The zero-order valence-electron chi connectivity index (χ0n) is 33.1. The van der Waals surface area contributed by atoms with Crippen LogP contribution in [0.5, 0.6) is 0 Å². The molecule has 1 atom stereocenters. The molecule has 0 saturated heterocycles. The number of rotatable bonds is 38. The van der Waals surface area contributed by atoms with E-state index in [2.05, 4.69) is 47.4 Å². The second-order valence-electron chi connectivity index (χ2n) is 13.7. The average molecular weight is 738 g/mol. The number of hydrogen-bond acceptors (Lipinski definition) is 8. The summed E-state index contributed by atoms with van der Waals surface area (Å²) in [6.07, 6.45) is 20.1. The van der Waals surface area contributed by atoms with Gasteiger partial charge in [0.1, 0.15) is 5.94 Å². The number of carbonyl (C=O) groups is 4. The van der Waals surface area contributed by atoms with Crippen LogP contribution < -0.4 is 26.6 Å². The van der Waals surface area contributed by atoms with Crippen LogP contribution in [0.15, 0.2) is 5.70 Å². The van der Waals surface area contributed by atoms with E-state index >= 15 is 0 Å². The summed E-state index contributed by atoms with van der Waals surface area (Å²) in [5, 5.41) is 14.7. The van der Waals surface area contributed by atoms with Gasteiger partial charge in [0, 0.05) is 58.3 Å². The highest BCUT2D eigenvalue weighted by molar-refractivity contribution is 5.77. The predicted molar refractivity (Wildman–Crippen MR) is 208 cm³/mol. The van der Waals surface area contributed by atoms with Gasteiger partial charge in [0.2, 0.25) is 23.6 Å². The van der Waals surface area contributed by atoms with Crippen molar-refractivity contribution in [2.45, 2.75) is 168 Å². The van der Waals surface area contributed by atoms with Crippen molar-refractivity contribution in [2.75, 3.05) is 52.6 Å². The predicted octanol–water partition coefficient (Wildman–Crippen LogP) is 5.80. The van der Waals surface area contributed by atoms with Crippen molar-refractivity contribution < 1.29 is 33.4 Å². The van der Waals surface area contributed by atoms with Crippen LogP contribution in [0.1, 0.15) is 162 Å². The van der Waals surface area contributed by atoms with Crippen LogP contribution in [-0.2, 0) is 33.4 Å². The van der Waals surface area contributed by atoms with Crippen LogP contribution in [0.3, 0.4) is 0 Å². The Morgan fingerprint density at radius 1 is 0.462 bits per heavy atom. The minimum absolute atomic E-state index is 0.0517. The smallest absolute Gasteiger partial charge is 0.222 e. The number of amides is 4. The lowest BCUT2D eigenvalue weighted by Crippen LogP contribution is -2.42. The van der Waals surface area contributed by atoms with Crippen molar-refractivity contribution in [3.05, 3.63) is 5.70 Å². The van der Waals surface area contributed by atoms with E-state index in [1.807, 2.05) is 5.94 Å². The van der Waals surface area contributed by atoms with Gasteiger partial charge in [-0.2, -0.15) is 0 Å². The fourth-order valence-corrected chi connectivity index (χ4v) is 5.43. The van der Waals surface area contributed by atoms with Crippen molar-refractivity contribution >= 4 is 29.6 Å². The number of hydrogen-bond donors (Lipinski definition) is 5. The van der Waals surface area contributed by atoms with E-state index in [9.17, 15) is 24.0 Å². The summed E-state index contributed by atoms with van der Waals surface area (Å²) in [7, 11) is 0. The van der Waals surface area contributed by atoms with Crippen LogP contribution in [0.25, 0.3) is 0 Å². The summed E-state index contributed by atoms with van der Waals surface area (Å²) < 4.78 is 11.6. The monoisotopic (exact) mass is 738 g/mol. The highest BCUT2D eigenvalue weighted by atomic mass is 16.5. The Balaban J connectivity index is 4.49. The van der Waals surface area contributed by atoms with E-state index < -0.39 is 6.04 Å². The van der Waals surface area contributed by atoms with E-state index in [1.165, 1.54) is 38.5 Å². The maximum atomic E-state index is 12.7. The van der Waals surface area contributed by atoms with Crippen LogP contribution in [-0.4, -0.2) is 88.2 Å². The molecule has 12 nitrogen and oxygen atoms in total. The summed E-state index contributed by atoms with van der Waals surface area (Å²) in [5.74, 6) is 1.86. The topological polar surface area (TPSA) is 164 Å². The largest absolute Gasteiger partial charge is 0.379 e. The molecule has 0 aliphatic heterocycles. The van der Waals surface area contributed by atoms with Gasteiger partial charge in [-0.1, -0.05) is 97.8 Å². The fraction of sp³-hybridized carbons (Fsp3) is 0.850. The van der Waals surface area contributed by atoms with Gasteiger partial charge in [-0.3, -0.25) is 19.2 Å². The third kappa shape index (κ3) is 34.2. The Kier molecular flexibility index (Phi) is 35.7. The first kappa shape index (κ1) is 49.0. The van der Waals surface area contributed by atoms with E-state index in [0.29, 0.717) is 70.4 Å². The third-order valence-corrected chi connectivity index (χ3v) is 8.63. The second kappa shape index (κ2) is 37.8. The fourth-order valence-electron chi connectivity index (χ4n) is 5.43. The molecule has 0 saturated carbocycles. The van der Waals surface area contributed by atoms with Gasteiger partial charge < -0.3 is 36.1 Å². The second-order valence-corrected chi connectivity index (χ2v) is 13.7. The lowest BCUT2D eigenvalue weighted by Gasteiger charge is -2.19. The molecular weight excluding hydrogens is 662 g/mol. The molecule has 0 aromatic rings. The molecule has 0 radical (unpaired) electrons. The van der Waals surface area contributed by atoms with Crippen LogP contribution in [0.4, 0.5) is 0 Å². The van der Waals surface area contributed by atoms with Gasteiger partial charge in [0.05, 0.1) is 38.2 Å². The molecule has 0 fully saturated rings. The molecule has 12 heteroatoms. The lowest BCUT2D eigenvalue weighted by atomic mass is 10.1. The molecular formula is C40H75N5O7. The van der Waals surface area contributed by atoms with Crippen LogP contribution >= 0.6 is 0 Å². The van der Waals surface area contributed by atoms with Crippen molar-refractivity contribution in [1.29, 1.82) is 0 Å². The van der Waals surface area contributed by atoms with E-state index in [0.717, 1.165) is 57.8 Å².